The molecule has 0 saturated heterocycles. The highest BCUT2D eigenvalue weighted by Gasteiger charge is 2.19. The standard InChI is InChI=1S/C38H30N2/c1-5-26(6-2)28(7-3)25(4)39-35-20-12-10-18-30(35)32-24-38-33(23-37(32)39)31-19-11-13-21-36(31)40(38)34-22-14-16-27-15-8-9-17-29(27)34/h5-24H,1,3H2,2,4H3/b26-6-,28-25+. The van der Waals surface area contributed by atoms with Gasteiger partial charge in [-0.1, -0.05) is 104 Å². The third kappa shape index (κ3) is 3.36. The molecule has 0 amide bonds. The monoisotopic (exact) mass is 514 g/mol. The summed E-state index contributed by atoms with van der Waals surface area (Å²) in [5.74, 6) is 0. The van der Waals surface area contributed by atoms with Crippen molar-refractivity contribution in [2.75, 3.05) is 0 Å². The highest BCUT2D eigenvalue weighted by molar-refractivity contribution is 6.19. The molecule has 2 heterocycles. The van der Waals surface area contributed by atoms with Crippen LogP contribution in [0.4, 0.5) is 0 Å². The molecule has 0 unspecified atom stereocenters. The lowest BCUT2D eigenvalue weighted by atomic mass is 10.0. The van der Waals surface area contributed by atoms with E-state index in [4.69, 9.17) is 0 Å². The number of fused-ring (bicyclic) bond motifs is 7. The van der Waals surface area contributed by atoms with Crippen molar-refractivity contribution in [3.63, 3.8) is 0 Å². The molecule has 0 aliphatic carbocycles. The van der Waals surface area contributed by atoms with E-state index in [1.807, 2.05) is 19.1 Å². The summed E-state index contributed by atoms with van der Waals surface area (Å²) >= 11 is 0. The van der Waals surface area contributed by atoms with Crippen LogP contribution in [0.1, 0.15) is 13.8 Å². The van der Waals surface area contributed by atoms with E-state index in [1.165, 1.54) is 60.1 Å². The Bertz CT molecular complexity index is 2210. The maximum atomic E-state index is 4.16. The van der Waals surface area contributed by atoms with Crippen molar-refractivity contribution in [3.05, 3.63) is 146 Å². The van der Waals surface area contributed by atoms with Crippen LogP contribution in [0, 0.1) is 0 Å². The summed E-state index contributed by atoms with van der Waals surface area (Å²) < 4.78 is 4.82. The number of hydrogen-bond donors (Lipinski definition) is 0. The molecule has 2 nitrogen and oxygen atoms in total. The summed E-state index contributed by atoms with van der Waals surface area (Å²) in [6.07, 6.45) is 5.94. The molecule has 7 aromatic rings. The summed E-state index contributed by atoms with van der Waals surface area (Å²) in [5.41, 5.74) is 9.27. The molecule has 0 fully saturated rings. The average Bonchev–Trinajstić information content (AvgIpc) is 3.50. The predicted octanol–water partition coefficient (Wildman–Crippen LogP) is 10.6. The van der Waals surface area contributed by atoms with Crippen molar-refractivity contribution >= 4 is 60.1 Å². The van der Waals surface area contributed by atoms with E-state index < -0.39 is 0 Å². The second kappa shape index (κ2) is 9.29. The van der Waals surface area contributed by atoms with Gasteiger partial charge in [-0.2, -0.15) is 0 Å². The lowest BCUT2D eigenvalue weighted by molar-refractivity contribution is 1.18. The molecule has 5 aromatic carbocycles. The summed E-state index contributed by atoms with van der Waals surface area (Å²) in [4.78, 5) is 0. The Morgan fingerprint density at radius 3 is 1.93 bits per heavy atom. The molecule has 0 N–H and O–H groups in total. The van der Waals surface area contributed by atoms with Crippen LogP contribution in [0.3, 0.4) is 0 Å². The summed E-state index contributed by atoms with van der Waals surface area (Å²) in [7, 11) is 0. The van der Waals surface area contributed by atoms with Crippen LogP contribution in [0.5, 0.6) is 0 Å². The quantitative estimate of drug-likeness (QED) is 0.202. The Balaban J connectivity index is 1.67. The van der Waals surface area contributed by atoms with E-state index in [1.54, 1.807) is 0 Å². The molecule has 0 saturated carbocycles. The van der Waals surface area contributed by atoms with Gasteiger partial charge < -0.3 is 9.13 Å². The van der Waals surface area contributed by atoms with Crippen LogP contribution in [0.15, 0.2) is 146 Å². The van der Waals surface area contributed by atoms with Crippen LogP contribution < -0.4 is 0 Å². The van der Waals surface area contributed by atoms with Crippen LogP contribution in [-0.4, -0.2) is 9.13 Å². The second-order valence-corrected chi connectivity index (χ2v) is 10.2. The van der Waals surface area contributed by atoms with Gasteiger partial charge in [0.2, 0.25) is 0 Å². The van der Waals surface area contributed by atoms with Crippen LogP contribution in [0.2, 0.25) is 0 Å². The highest BCUT2D eigenvalue weighted by Crippen LogP contribution is 2.41. The second-order valence-electron chi connectivity index (χ2n) is 10.2. The molecule has 0 bridgehead atoms. The Hall–Kier alpha value is -5.08. The topological polar surface area (TPSA) is 9.86 Å². The third-order valence-electron chi connectivity index (χ3n) is 8.24. The lowest BCUT2D eigenvalue weighted by Crippen LogP contribution is -1.99. The summed E-state index contributed by atoms with van der Waals surface area (Å²) in [5, 5.41) is 7.43. The first-order chi connectivity index (χ1) is 19.7. The van der Waals surface area contributed by atoms with Crippen LogP contribution >= 0.6 is 0 Å². The zero-order valence-electron chi connectivity index (χ0n) is 22.9. The molecule has 192 valence electrons. The van der Waals surface area contributed by atoms with Crippen LogP contribution in [0.25, 0.3) is 65.8 Å². The maximum absolute atomic E-state index is 4.16. The van der Waals surface area contributed by atoms with Crippen molar-refractivity contribution < 1.29 is 0 Å². The molecule has 2 aromatic heterocycles. The number of nitrogens with zero attached hydrogens (tertiary/aromatic N) is 2. The minimum atomic E-state index is 1.08. The van der Waals surface area contributed by atoms with Crippen molar-refractivity contribution in [2.45, 2.75) is 13.8 Å². The lowest BCUT2D eigenvalue weighted by Gasteiger charge is -2.14. The van der Waals surface area contributed by atoms with Gasteiger partial charge >= 0.3 is 0 Å². The van der Waals surface area contributed by atoms with Gasteiger partial charge in [0, 0.05) is 38.2 Å². The Morgan fingerprint density at radius 2 is 1.20 bits per heavy atom. The number of para-hydroxylation sites is 2. The number of allylic oxidation sites excluding steroid dienone is 6. The third-order valence-corrected chi connectivity index (χ3v) is 8.24. The van der Waals surface area contributed by atoms with Gasteiger partial charge in [0.05, 0.1) is 27.8 Å². The smallest absolute Gasteiger partial charge is 0.0549 e. The molecule has 7 rings (SSSR count). The van der Waals surface area contributed by atoms with Crippen molar-refractivity contribution in [1.82, 2.24) is 9.13 Å². The van der Waals surface area contributed by atoms with E-state index in [9.17, 15) is 0 Å². The first-order valence-corrected chi connectivity index (χ1v) is 13.7. The molecule has 0 radical (unpaired) electrons. The minimum Gasteiger partial charge on any atom is -0.313 e. The molecule has 0 atom stereocenters. The molecular formula is C38H30N2. The first kappa shape index (κ1) is 24.0. The van der Waals surface area contributed by atoms with Gasteiger partial charge in [-0.05, 0) is 55.1 Å². The molecule has 40 heavy (non-hydrogen) atoms. The summed E-state index contributed by atoms with van der Waals surface area (Å²) in [6.45, 7) is 12.4. The van der Waals surface area contributed by atoms with Gasteiger partial charge in [-0.15, -0.1) is 0 Å². The van der Waals surface area contributed by atoms with Crippen molar-refractivity contribution in [1.29, 1.82) is 0 Å². The maximum Gasteiger partial charge on any atom is 0.0549 e. The number of aromatic nitrogens is 2. The van der Waals surface area contributed by atoms with Gasteiger partial charge in [0.25, 0.3) is 0 Å². The van der Waals surface area contributed by atoms with E-state index in [0.717, 1.165) is 16.8 Å². The normalized spacial score (nSPS) is 13.0. The fraction of sp³-hybridized carbons (Fsp3) is 0.0526. The Morgan fingerprint density at radius 1 is 0.600 bits per heavy atom. The van der Waals surface area contributed by atoms with Gasteiger partial charge in [-0.3, -0.25) is 0 Å². The SMILES string of the molecule is C=CC(=C/C)/C(C=C)=C(\C)n1c2ccccc2c2cc3c(cc21)c1ccccc1n3-c1cccc2ccccc12. The van der Waals surface area contributed by atoms with E-state index in [0.29, 0.717) is 0 Å². The minimum absolute atomic E-state index is 1.08. The van der Waals surface area contributed by atoms with E-state index in [-0.39, 0.29) is 0 Å². The number of hydrogen-bond acceptors (Lipinski definition) is 0. The fourth-order valence-corrected chi connectivity index (χ4v) is 6.43. The molecule has 0 aliphatic rings. The molecule has 2 heteroatoms. The molecule has 0 spiro atoms. The highest BCUT2D eigenvalue weighted by atomic mass is 15.0. The van der Waals surface area contributed by atoms with Crippen molar-refractivity contribution in [3.8, 4) is 5.69 Å². The van der Waals surface area contributed by atoms with Crippen molar-refractivity contribution in [2.24, 2.45) is 0 Å². The van der Waals surface area contributed by atoms with E-state index >= 15 is 0 Å². The molecule has 0 aliphatic heterocycles. The average molecular weight is 515 g/mol. The van der Waals surface area contributed by atoms with Gasteiger partial charge in [-0.25, -0.2) is 0 Å². The first-order valence-electron chi connectivity index (χ1n) is 13.7. The predicted molar refractivity (Wildman–Crippen MR) is 174 cm³/mol. The largest absolute Gasteiger partial charge is 0.313 e. The van der Waals surface area contributed by atoms with Gasteiger partial charge in [0.1, 0.15) is 0 Å². The molecular weight excluding hydrogens is 484 g/mol. The summed E-state index contributed by atoms with van der Waals surface area (Å²) in [6, 6.07) is 37.4. The van der Waals surface area contributed by atoms with Gasteiger partial charge in [0.15, 0.2) is 0 Å². The Kier molecular flexibility index (Phi) is 5.57. The Labute approximate surface area is 234 Å². The zero-order chi connectivity index (χ0) is 27.4. The number of benzene rings is 5. The zero-order valence-corrected chi connectivity index (χ0v) is 22.9. The van der Waals surface area contributed by atoms with Crippen LogP contribution in [-0.2, 0) is 0 Å². The number of rotatable bonds is 5. The van der Waals surface area contributed by atoms with E-state index in [2.05, 4.69) is 138 Å². The fourth-order valence-electron chi connectivity index (χ4n) is 6.43.